The molecule has 0 heterocycles. The number of thioether (sulfide) groups is 1. The summed E-state index contributed by atoms with van der Waals surface area (Å²) < 4.78 is 12.7. The van der Waals surface area contributed by atoms with Crippen molar-refractivity contribution in [3.63, 3.8) is 0 Å². The van der Waals surface area contributed by atoms with E-state index in [0.717, 1.165) is 17.8 Å². The number of halogens is 2. The van der Waals surface area contributed by atoms with E-state index in [4.69, 9.17) is 22.4 Å². The van der Waals surface area contributed by atoms with E-state index in [2.05, 4.69) is 5.32 Å². The molecule has 0 saturated carbocycles. The number of amides is 1. The van der Waals surface area contributed by atoms with E-state index in [1.54, 1.807) is 13.8 Å². The Morgan fingerprint density at radius 2 is 2.14 bits per heavy atom. The standard InChI is InChI=1S/C13H16ClFN2O3S/c1-13(2,11(16)12(19)20)21-6-10(18)17-9-4-3-7(14)5-8(9)15/h3-5,11H,6,16H2,1-2H3,(H,17,18)(H,19,20)/t11-/m0/s1. The van der Waals surface area contributed by atoms with Gasteiger partial charge in [0.15, 0.2) is 0 Å². The predicted octanol–water partition coefficient (Wildman–Crippen LogP) is 2.34. The lowest BCUT2D eigenvalue weighted by atomic mass is 10.1. The van der Waals surface area contributed by atoms with Crippen LogP contribution in [-0.4, -0.2) is 33.5 Å². The first-order valence-corrected chi connectivity index (χ1v) is 7.37. The van der Waals surface area contributed by atoms with Gasteiger partial charge in [0.05, 0.1) is 11.4 Å². The fourth-order valence-corrected chi connectivity index (χ4v) is 2.43. The molecule has 0 radical (unpaired) electrons. The topological polar surface area (TPSA) is 92.4 Å². The second-order valence-electron chi connectivity index (χ2n) is 4.88. The summed E-state index contributed by atoms with van der Waals surface area (Å²) in [6, 6.07) is 2.79. The van der Waals surface area contributed by atoms with Crippen molar-refractivity contribution < 1.29 is 19.1 Å². The largest absolute Gasteiger partial charge is 0.480 e. The maximum atomic E-state index is 13.5. The van der Waals surface area contributed by atoms with Crippen molar-refractivity contribution in [1.82, 2.24) is 0 Å². The fraction of sp³-hybridized carbons (Fsp3) is 0.385. The minimum Gasteiger partial charge on any atom is -0.480 e. The number of carboxylic acids is 1. The zero-order valence-corrected chi connectivity index (χ0v) is 13.1. The third-order valence-corrected chi connectivity index (χ3v) is 4.44. The molecule has 5 nitrogen and oxygen atoms in total. The Labute approximate surface area is 131 Å². The molecule has 1 aromatic rings. The van der Waals surface area contributed by atoms with Gasteiger partial charge in [-0.2, -0.15) is 0 Å². The monoisotopic (exact) mass is 334 g/mol. The Morgan fingerprint density at radius 3 is 2.67 bits per heavy atom. The summed E-state index contributed by atoms with van der Waals surface area (Å²) in [6.45, 7) is 3.26. The third-order valence-electron chi connectivity index (χ3n) is 2.80. The summed E-state index contributed by atoms with van der Waals surface area (Å²) in [5, 5.41) is 11.5. The smallest absolute Gasteiger partial charge is 0.321 e. The lowest BCUT2D eigenvalue weighted by Crippen LogP contribution is -2.47. The van der Waals surface area contributed by atoms with Gasteiger partial charge < -0.3 is 16.2 Å². The average molecular weight is 335 g/mol. The second-order valence-corrected chi connectivity index (χ2v) is 6.95. The van der Waals surface area contributed by atoms with Crippen molar-refractivity contribution in [3.05, 3.63) is 29.0 Å². The number of aliphatic carboxylic acids is 1. The highest BCUT2D eigenvalue weighted by Crippen LogP contribution is 2.27. The van der Waals surface area contributed by atoms with Crippen molar-refractivity contribution in [2.24, 2.45) is 5.73 Å². The van der Waals surface area contributed by atoms with Crippen LogP contribution in [0.1, 0.15) is 13.8 Å². The Kier molecular flexibility index (Phi) is 6.00. The number of nitrogens with two attached hydrogens (primary N) is 1. The van der Waals surface area contributed by atoms with Crippen LogP contribution in [0.2, 0.25) is 5.02 Å². The van der Waals surface area contributed by atoms with Crippen LogP contribution >= 0.6 is 23.4 Å². The summed E-state index contributed by atoms with van der Waals surface area (Å²) in [6.07, 6.45) is 0. The van der Waals surface area contributed by atoms with E-state index in [1.807, 2.05) is 0 Å². The molecule has 0 bridgehead atoms. The normalized spacial score (nSPS) is 12.8. The molecule has 1 atom stereocenters. The summed E-state index contributed by atoms with van der Waals surface area (Å²) in [7, 11) is 0. The number of carbonyl (C=O) groups is 2. The molecule has 21 heavy (non-hydrogen) atoms. The van der Waals surface area contributed by atoms with Gasteiger partial charge in [-0.1, -0.05) is 11.6 Å². The van der Waals surface area contributed by atoms with E-state index in [9.17, 15) is 14.0 Å². The van der Waals surface area contributed by atoms with E-state index in [0.29, 0.717) is 0 Å². The first-order valence-electron chi connectivity index (χ1n) is 6.00. The van der Waals surface area contributed by atoms with Crippen LogP contribution in [0.5, 0.6) is 0 Å². The second kappa shape index (κ2) is 7.11. The summed E-state index contributed by atoms with van der Waals surface area (Å²) >= 11 is 6.70. The van der Waals surface area contributed by atoms with Gasteiger partial charge in [-0.25, -0.2) is 4.39 Å². The molecule has 0 aliphatic heterocycles. The molecule has 0 unspecified atom stereocenters. The molecule has 0 spiro atoms. The van der Waals surface area contributed by atoms with Crippen LogP contribution in [0.3, 0.4) is 0 Å². The summed E-state index contributed by atoms with van der Waals surface area (Å²) in [5.74, 6) is -2.28. The molecule has 1 amide bonds. The van der Waals surface area contributed by atoms with Crippen molar-refractivity contribution in [2.45, 2.75) is 24.6 Å². The number of anilines is 1. The highest BCUT2D eigenvalue weighted by molar-refractivity contribution is 8.01. The maximum absolute atomic E-state index is 13.5. The SMILES string of the molecule is CC(C)(SCC(=O)Nc1ccc(Cl)cc1F)[C@@H](N)C(=O)O. The molecule has 0 aliphatic rings. The van der Waals surface area contributed by atoms with E-state index < -0.39 is 28.5 Å². The number of nitrogens with one attached hydrogen (secondary N) is 1. The molecule has 1 rings (SSSR count). The van der Waals surface area contributed by atoms with Crippen LogP contribution < -0.4 is 11.1 Å². The molecule has 1 aromatic carbocycles. The zero-order valence-electron chi connectivity index (χ0n) is 11.5. The third kappa shape index (κ3) is 5.18. The van der Waals surface area contributed by atoms with Gasteiger partial charge >= 0.3 is 5.97 Å². The highest BCUT2D eigenvalue weighted by atomic mass is 35.5. The van der Waals surface area contributed by atoms with E-state index >= 15 is 0 Å². The van der Waals surface area contributed by atoms with Crippen molar-refractivity contribution >= 4 is 40.9 Å². The van der Waals surface area contributed by atoms with Gasteiger partial charge in [-0.3, -0.25) is 9.59 Å². The molecule has 8 heteroatoms. The Balaban J connectivity index is 2.60. The lowest BCUT2D eigenvalue weighted by Gasteiger charge is -2.27. The summed E-state index contributed by atoms with van der Waals surface area (Å²) in [4.78, 5) is 22.6. The zero-order chi connectivity index (χ0) is 16.2. The van der Waals surface area contributed by atoms with Gasteiger partial charge in [0.2, 0.25) is 5.91 Å². The number of carbonyl (C=O) groups excluding carboxylic acids is 1. The maximum Gasteiger partial charge on any atom is 0.321 e. The van der Waals surface area contributed by atoms with E-state index in [-0.39, 0.29) is 16.5 Å². The average Bonchev–Trinajstić information content (AvgIpc) is 2.39. The molecule has 116 valence electrons. The van der Waals surface area contributed by atoms with Gasteiger partial charge in [-0.05, 0) is 32.0 Å². The van der Waals surface area contributed by atoms with Crippen LogP contribution in [0.15, 0.2) is 18.2 Å². The number of rotatable bonds is 6. The number of hydrogen-bond donors (Lipinski definition) is 3. The molecular formula is C13H16ClFN2O3S. The van der Waals surface area contributed by atoms with Gasteiger partial charge in [0, 0.05) is 9.77 Å². The van der Waals surface area contributed by atoms with Gasteiger partial charge in [-0.15, -0.1) is 11.8 Å². The first-order chi connectivity index (χ1) is 9.63. The predicted molar refractivity (Wildman–Crippen MR) is 82.2 cm³/mol. The lowest BCUT2D eigenvalue weighted by molar-refractivity contribution is -0.139. The van der Waals surface area contributed by atoms with Crippen molar-refractivity contribution in [2.75, 3.05) is 11.1 Å². The number of carboxylic acid groups (broad SMARTS) is 1. The Morgan fingerprint density at radius 1 is 1.52 bits per heavy atom. The molecule has 0 aromatic heterocycles. The molecular weight excluding hydrogens is 319 g/mol. The van der Waals surface area contributed by atoms with E-state index in [1.165, 1.54) is 12.1 Å². The molecule has 0 fully saturated rings. The Hall–Kier alpha value is -1.31. The quantitative estimate of drug-likeness (QED) is 0.742. The van der Waals surface area contributed by atoms with Crippen molar-refractivity contribution in [1.29, 1.82) is 0 Å². The minimum atomic E-state index is -1.14. The minimum absolute atomic E-state index is 0.0188. The van der Waals surface area contributed by atoms with Crippen LogP contribution in [0, 0.1) is 5.82 Å². The Bertz CT molecular complexity index is 554. The van der Waals surface area contributed by atoms with Gasteiger partial charge in [0.25, 0.3) is 0 Å². The van der Waals surface area contributed by atoms with Crippen LogP contribution in [0.4, 0.5) is 10.1 Å². The highest BCUT2D eigenvalue weighted by Gasteiger charge is 2.33. The van der Waals surface area contributed by atoms with Crippen molar-refractivity contribution in [3.8, 4) is 0 Å². The van der Waals surface area contributed by atoms with Crippen LogP contribution in [0.25, 0.3) is 0 Å². The van der Waals surface area contributed by atoms with Crippen LogP contribution in [-0.2, 0) is 9.59 Å². The fourth-order valence-electron chi connectivity index (χ4n) is 1.42. The number of benzene rings is 1. The van der Waals surface area contributed by atoms with Gasteiger partial charge in [0.1, 0.15) is 11.9 Å². The molecule has 0 saturated heterocycles. The molecule has 0 aliphatic carbocycles. The molecule has 4 N–H and O–H groups in total. The summed E-state index contributed by atoms with van der Waals surface area (Å²) in [5.41, 5.74) is 5.57. The number of hydrogen-bond acceptors (Lipinski definition) is 4. The first kappa shape index (κ1) is 17.7.